The van der Waals surface area contributed by atoms with Crippen molar-refractivity contribution in [2.24, 2.45) is 0 Å². The van der Waals surface area contributed by atoms with Crippen molar-refractivity contribution >= 4 is 6.03 Å². The number of amides is 2. The van der Waals surface area contributed by atoms with Crippen LogP contribution in [0.1, 0.15) is 28.3 Å². The van der Waals surface area contributed by atoms with Gasteiger partial charge >= 0.3 is 6.03 Å². The number of carbonyl (C=O) groups excluding carboxylic acids is 1. The fourth-order valence-electron chi connectivity index (χ4n) is 3.11. The lowest BCUT2D eigenvalue weighted by atomic mass is 10.1. The van der Waals surface area contributed by atoms with Crippen molar-refractivity contribution in [3.63, 3.8) is 0 Å². The molecule has 0 saturated heterocycles. The number of hydrogen-bond donors (Lipinski definition) is 3. The van der Waals surface area contributed by atoms with E-state index in [2.05, 4.69) is 10.6 Å². The highest BCUT2D eigenvalue weighted by molar-refractivity contribution is 5.75. The third kappa shape index (κ3) is 3.36. The van der Waals surface area contributed by atoms with Crippen LogP contribution in [0, 0.1) is 6.92 Å². The highest BCUT2D eigenvalue weighted by Crippen LogP contribution is 2.31. The van der Waals surface area contributed by atoms with Crippen molar-refractivity contribution in [2.75, 3.05) is 7.11 Å². The van der Waals surface area contributed by atoms with Crippen LogP contribution in [-0.2, 0) is 13.0 Å². The Balaban J connectivity index is 1.63. The molecule has 0 heterocycles. The molecule has 3 N–H and O–H groups in total. The van der Waals surface area contributed by atoms with Gasteiger partial charge in [-0.25, -0.2) is 4.79 Å². The van der Waals surface area contributed by atoms with Crippen LogP contribution in [0.5, 0.6) is 5.75 Å². The molecule has 2 aromatic carbocycles. The molecule has 0 spiro atoms. The van der Waals surface area contributed by atoms with Gasteiger partial charge in [0.05, 0.1) is 19.3 Å². The standard InChI is InChI=1S/C19H22N2O3/c1-12-7-8-14(17(9-12)24-2)11-20-19(23)21-18-15-6-4-3-5-13(15)10-16(18)22/h3-9,16,18,22H,10-11H2,1-2H3,(H2,20,21,23). The molecule has 0 bridgehead atoms. The third-order valence-corrected chi connectivity index (χ3v) is 4.37. The highest BCUT2D eigenvalue weighted by Gasteiger charge is 2.31. The van der Waals surface area contributed by atoms with Gasteiger partial charge in [-0.05, 0) is 29.7 Å². The summed E-state index contributed by atoms with van der Waals surface area (Å²) in [7, 11) is 1.62. The zero-order valence-corrected chi connectivity index (χ0v) is 13.9. The molecule has 2 aromatic rings. The van der Waals surface area contributed by atoms with Crippen LogP contribution in [0.25, 0.3) is 0 Å². The summed E-state index contributed by atoms with van der Waals surface area (Å²) in [5.41, 5.74) is 4.07. The van der Waals surface area contributed by atoms with Gasteiger partial charge in [0.25, 0.3) is 0 Å². The van der Waals surface area contributed by atoms with Crippen molar-refractivity contribution in [3.05, 3.63) is 64.7 Å². The molecule has 5 nitrogen and oxygen atoms in total. The molecule has 24 heavy (non-hydrogen) atoms. The number of aryl methyl sites for hydroxylation is 1. The summed E-state index contributed by atoms with van der Waals surface area (Å²) in [6.45, 7) is 2.35. The van der Waals surface area contributed by atoms with Gasteiger partial charge in [-0.15, -0.1) is 0 Å². The normalized spacial score (nSPS) is 18.8. The summed E-state index contributed by atoms with van der Waals surface area (Å²) < 4.78 is 5.34. The second-order valence-electron chi connectivity index (χ2n) is 6.09. The van der Waals surface area contributed by atoms with Crippen LogP contribution >= 0.6 is 0 Å². The number of ether oxygens (including phenoxy) is 1. The molecule has 2 unspecified atom stereocenters. The summed E-state index contributed by atoms with van der Waals surface area (Å²) >= 11 is 0. The largest absolute Gasteiger partial charge is 0.496 e. The van der Waals surface area contributed by atoms with E-state index in [9.17, 15) is 9.90 Å². The van der Waals surface area contributed by atoms with E-state index in [0.717, 1.165) is 28.0 Å². The molecule has 0 radical (unpaired) electrons. The first-order valence-corrected chi connectivity index (χ1v) is 8.02. The zero-order valence-electron chi connectivity index (χ0n) is 13.9. The first kappa shape index (κ1) is 16.3. The number of aliphatic hydroxyl groups is 1. The van der Waals surface area contributed by atoms with Crippen molar-refractivity contribution in [1.82, 2.24) is 10.6 Å². The molecule has 0 aromatic heterocycles. The number of aliphatic hydroxyl groups excluding tert-OH is 1. The summed E-state index contributed by atoms with van der Waals surface area (Å²) in [4.78, 5) is 12.2. The number of rotatable bonds is 4. The fraction of sp³-hybridized carbons (Fsp3) is 0.316. The summed E-state index contributed by atoms with van der Waals surface area (Å²) in [5.74, 6) is 0.751. The summed E-state index contributed by atoms with van der Waals surface area (Å²) in [6.07, 6.45) is -0.0329. The lowest BCUT2D eigenvalue weighted by Gasteiger charge is -2.19. The molecule has 5 heteroatoms. The molecular weight excluding hydrogens is 304 g/mol. The number of benzene rings is 2. The number of nitrogens with one attached hydrogen (secondary N) is 2. The maximum absolute atomic E-state index is 12.2. The van der Waals surface area contributed by atoms with Crippen molar-refractivity contribution < 1.29 is 14.6 Å². The first-order chi connectivity index (χ1) is 11.6. The summed E-state index contributed by atoms with van der Waals surface area (Å²) in [6, 6.07) is 13.0. The van der Waals surface area contributed by atoms with Crippen LogP contribution in [0.4, 0.5) is 4.79 Å². The maximum Gasteiger partial charge on any atom is 0.315 e. The van der Waals surface area contributed by atoms with Crippen LogP contribution in [0.15, 0.2) is 42.5 Å². The van der Waals surface area contributed by atoms with E-state index >= 15 is 0 Å². The fourth-order valence-corrected chi connectivity index (χ4v) is 3.11. The Hall–Kier alpha value is -2.53. The van der Waals surface area contributed by atoms with Gasteiger partial charge in [0, 0.05) is 18.5 Å². The first-order valence-electron chi connectivity index (χ1n) is 8.02. The van der Waals surface area contributed by atoms with Gasteiger partial charge in [-0.1, -0.05) is 36.4 Å². The van der Waals surface area contributed by atoms with Crippen molar-refractivity contribution in [1.29, 1.82) is 0 Å². The predicted octanol–water partition coefficient (Wildman–Crippen LogP) is 2.46. The molecule has 2 amide bonds. The number of methoxy groups -OCH3 is 1. The summed E-state index contributed by atoms with van der Waals surface area (Å²) in [5, 5.41) is 15.9. The molecule has 2 atom stereocenters. The second kappa shape index (κ2) is 6.93. The number of carbonyl (C=O) groups is 1. The topological polar surface area (TPSA) is 70.6 Å². The average molecular weight is 326 g/mol. The van der Waals surface area contributed by atoms with E-state index in [0.29, 0.717) is 13.0 Å². The third-order valence-electron chi connectivity index (χ3n) is 4.37. The molecule has 126 valence electrons. The van der Waals surface area contributed by atoms with Crippen LogP contribution in [0.3, 0.4) is 0 Å². The maximum atomic E-state index is 12.2. The van der Waals surface area contributed by atoms with E-state index in [4.69, 9.17) is 4.74 Å². The number of urea groups is 1. The Kier molecular flexibility index (Phi) is 4.71. The van der Waals surface area contributed by atoms with E-state index in [1.165, 1.54) is 0 Å². The van der Waals surface area contributed by atoms with Gasteiger partial charge in [0.15, 0.2) is 0 Å². The molecular formula is C19H22N2O3. The lowest BCUT2D eigenvalue weighted by Crippen LogP contribution is -2.40. The average Bonchev–Trinajstić information content (AvgIpc) is 2.89. The zero-order chi connectivity index (χ0) is 17.1. The Morgan fingerprint density at radius 3 is 2.88 bits per heavy atom. The molecule has 0 fully saturated rings. The predicted molar refractivity (Wildman–Crippen MR) is 92.0 cm³/mol. The smallest absolute Gasteiger partial charge is 0.315 e. The molecule has 0 aliphatic heterocycles. The van der Waals surface area contributed by atoms with E-state index in [1.807, 2.05) is 49.4 Å². The number of hydrogen-bond acceptors (Lipinski definition) is 3. The quantitative estimate of drug-likeness (QED) is 0.808. The van der Waals surface area contributed by atoms with Gasteiger partial charge < -0.3 is 20.5 Å². The van der Waals surface area contributed by atoms with Crippen LogP contribution < -0.4 is 15.4 Å². The molecule has 1 aliphatic carbocycles. The minimum Gasteiger partial charge on any atom is -0.496 e. The lowest BCUT2D eigenvalue weighted by molar-refractivity contribution is 0.142. The monoisotopic (exact) mass is 326 g/mol. The van der Waals surface area contributed by atoms with Gasteiger partial charge in [-0.2, -0.15) is 0 Å². The van der Waals surface area contributed by atoms with E-state index < -0.39 is 6.10 Å². The van der Waals surface area contributed by atoms with E-state index in [1.54, 1.807) is 7.11 Å². The molecule has 0 saturated carbocycles. The minimum atomic E-state index is -0.595. The Bertz CT molecular complexity index is 745. The van der Waals surface area contributed by atoms with E-state index in [-0.39, 0.29) is 12.1 Å². The molecule has 3 rings (SSSR count). The SMILES string of the molecule is COc1cc(C)ccc1CNC(=O)NC1c2ccccc2CC1O. The Morgan fingerprint density at radius 1 is 1.29 bits per heavy atom. The highest BCUT2D eigenvalue weighted by atomic mass is 16.5. The van der Waals surface area contributed by atoms with Crippen molar-refractivity contribution in [2.45, 2.75) is 32.0 Å². The molecule has 1 aliphatic rings. The van der Waals surface area contributed by atoms with Gasteiger partial charge in [0.1, 0.15) is 5.75 Å². The Morgan fingerprint density at radius 2 is 2.08 bits per heavy atom. The Labute approximate surface area is 141 Å². The van der Waals surface area contributed by atoms with Gasteiger partial charge in [-0.3, -0.25) is 0 Å². The minimum absolute atomic E-state index is 0.307. The van der Waals surface area contributed by atoms with Gasteiger partial charge in [0.2, 0.25) is 0 Å². The van der Waals surface area contributed by atoms with Crippen molar-refractivity contribution in [3.8, 4) is 5.75 Å². The number of fused-ring (bicyclic) bond motifs is 1. The van der Waals surface area contributed by atoms with Crippen LogP contribution in [-0.4, -0.2) is 24.4 Å². The second-order valence-corrected chi connectivity index (χ2v) is 6.09. The van der Waals surface area contributed by atoms with Crippen LogP contribution in [0.2, 0.25) is 0 Å².